The number of ether oxygens (including phenoxy) is 1. The maximum atomic E-state index is 8.56. The zero-order chi connectivity index (χ0) is 9.98. The lowest BCUT2D eigenvalue weighted by Crippen LogP contribution is -2.21. The van der Waals surface area contributed by atoms with Crippen molar-refractivity contribution in [3.05, 3.63) is 0 Å². The van der Waals surface area contributed by atoms with Crippen molar-refractivity contribution in [3.8, 4) is 0 Å². The molecule has 0 aromatic heterocycles. The summed E-state index contributed by atoms with van der Waals surface area (Å²) in [7, 11) is 0. The molecule has 6 heteroatoms. The zero-order valence-electron chi connectivity index (χ0n) is 6.80. The second kappa shape index (κ2) is 10.2. The Morgan fingerprint density at radius 3 is 1.75 bits per heavy atom. The van der Waals surface area contributed by atoms with Crippen molar-refractivity contribution in [2.75, 3.05) is 19.8 Å². The molecule has 0 saturated carbocycles. The fraction of sp³-hybridized carbons (Fsp3) is 0.833. The zero-order valence-corrected chi connectivity index (χ0v) is 6.80. The molecule has 0 saturated heterocycles. The molecule has 0 aliphatic heterocycles. The van der Waals surface area contributed by atoms with E-state index in [4.69, 9.17) is 30.0 Å². The standard InChI is InChI=1S/C5H12O3.CH2O3/c1-2-8-5(3-6)4-7;2-1(3)4/h5-7H,2-4H2,1H3;(H2,2,3,4). The molecular formula is C6H14O6. The molecule has 0 spiro atoms. The molecule has 0 heterocycles. The van der Waals surface area contributed by atoms with Crippen LogP contribution in [0, 0.1) is 0 Å². The van der Waals surface area contributed by atoms with Crippen LogP contribution < -0.4 is 0 Å². The molecule has 0 aromatic rings. The van der Waals surface area contributed by atoms with Crippen molar-refractivity contribution < 1.29 is 30.0 Å². The smallest absolute Gasteiger partial charge is 0.450 e. The van der Waals surface area contributed by atoms with Crippen LogP contribution in [0.25, 0.3) is 0 Å². The van der Waals surface area contributed by atoms with E-state index in [1.807, 2.05) is 6.92 Å². The summed E-state index contributed by atoms with van der Waals surface area (Å²) in [5.74, 6) is 0. The Morgan fingerprint density at radius 1 is 1.33 bits per heavy atom. The Hall–Kier alpha value is -0.850. The monoisotopic (exact) mass is 182 g/mol. The van der Waals surface area contributed by atoms with Crippen LogP contribution in [0.3, 0.4) is 0 Å². The van der Waals surface area contributed by atoms with Crippen LogP contribution in [0.1, 0.15) is 6.92 Å². The van der Waals surface area contributed by atoms with Gasteiger partial charge in [-0.05, 0) is 6.92 Å². The largest absolute Gasteiger partial charge is 0.503 e. The third-order valence-electron chi connectivity index (χ3n) is 0.810. The highest BCUT2D eigenvalue weighted by Crippen LogP contribution is 1.86. The minimum atomic E-state index is -1.83. The Labute approximate surface area is 70.0 Å². The topological polar surface area (TPSA) is 107 Å². The number of carboxylic acid groups (broad SMARTS) is 2. The molecule has 0 amide bonds. The second-order valence-corrected chi connectivity index (χ2v) is 1.73. The van der Waals surface area contributed by atoms with E-state index in [-0.39, 0.29) is 19.3 Å². The van der Waals surface area contributed by atoms with Gasteiger partial charge in [0.05, 0.1) is 13.2 Å². The van der Waals surface area contributed by atoms with E-state index >= 15 is 0 Å². The summed E-state index contributed by atoms with van der Waals surface area (Å²) < 4.78 is 4.84. The molecule has 0 aliphatic carbocycles. The molecule has 74 valence electrons. The molecule has 0 aliphatic rings. The maximum absolute atomic E-state index is 8.56. The second-order valence-electron chi connectivity index (χ2n) is 1.73. The van der Waals surface area contributed by atoms with Crippen molar-refractivity contribution in [1.29, 1.82) is 0 Å². The highest BCUT2D eigenvalue weighted by atomic mass is 16.6. The minimum absolute atomic E-state index is 0.107. The lowest BCUT2D eigenvalue weighted by atomic mass is 10.4. The van der Waals surface area contributed by atoms with Crippen LogP contribution in [0.2, 0.25) is 0 Å². The van der Waals surface area contributed by atoms with E-state index in [1.54, 1.807) is 0 Å². The van der Waals surface area contributed by atoms with Crippen LogP contribution in [0.15, 0.2) is 0 Å². The first-order valence-corrected chi connectivity index (χ1v) is 3.33. The minimum Gasteiger partial charge on any atom is -0.450 e. The van der Waals surface area contributed by atoms with Gasteiger partial charge in [0.1, 0.15) is 6.10 Å². The Kier molecular flexibility index (Phi) is 11.6. The van der Waals surface area contributed by atoms with Crippen LogP contribution >= 0.6 is 0 Å². The van der Waals surface area contributed by atoms with Gasteiger partial charge >= 0.3 is 6.16 Å². The molecular weight excluding hydrogens is 168 g/mol. The fourth-order valence-corrected chi connectivity index (χ4v) is 0.399. The highest BCUT2D eigenvalue weighted by Gasteiger charge is 2.01. The van der Waals surface area contributed by atoms with Crippen LogP contribution in [-0.2, 0) is 4.74 Å². The summed E-state index contributed by atoms with van der Waals surface area (Å²) in [4.78, 5) is 8.56. The predicted octanol–water partition coefficient (Wildman–Crippen LogP) is -0.401. The van der Waals surface area contributed by atoms with Gasteiger partial charge in [-0.25, -0.2) is 4.79 Å². The average molecular weight is 182 g/mol. The van der Waals surface area contributed by atoms with Crippen LogP contribution in [0.4, 0.5) is 4.79 Å². The van der Waals surface area contributed by atoms with Gasteiger partial charge in [0.25, 0.3) is 0 Å². The van der Waals surface area contributed by atoms with Gasteiger partial charge in [-0.15, -0.1) is 0 Å². The third-order valence-corrected chi connectivity index (χ3v) is 0.810. The summed E-state index contributed by atoms with van der Waals surface area (Å²) in [6, 6.07) is 0. The average Bonchev–Trinajstić information content (AvgIpc) is 1.99. The van der Waals surface area contributed by atoms with Crippen LogP contribution in [0.5, 0.6) is 0 Å². The van der Waals surface area contributed by atoms with E-state index in [0.717, 1.165) is 0 Å². The lowest BCUT2D eigenvalue weighted by Gasteiger charge is -2.08. The lowest BCUT2D eigenvalue weighted by molar-refractivity contribution is -0.0139. The molecule has 4 N–H and O–H groups in total. The van der Waals surface area contributed by atoms with Crippen molar-refractivity contribution in [3.63, 3.8) is 0 Å². The molecule has 0 atom stereocenters. The summed E-state index contributed by atoms with van der Waals surface area (Å²) in [5.41, 5.74) is 0. The number of rotatable bonds is 4. The molecule has 0 bridgehead atoms. The summed E-state index contributed by atoms with van der Waals surface area (Å²) >= 11 is 0. The highest BCUT2D eigenvalue weighted by molar-refractivity contribution is 5.53. The molecule has 0 unspecified atom stereocenters. The van der Waals surface area contributed by atoms with E-state index in [2.05, 4.69) is 0 Å². The van der Waals surface area contributed by atoms with Gasteiger partial charge in [0, 0.05) is 6.61 Å². The van der Waals surface area contributed by atoms with Crippen molar-refractivity contribution >= 4 is 6.16 Å². The molecule has 0 aromatic carbocycles. The third kappa shape index (κ3) is 16.1. The van der Waals surface area contributed by atoms with Gasteiger partial charge in [-0.2, -0.15) is 0 Å². The maximum Gasteiger partial charge on any atom is 0.503 e. The van der Waals surface area contributed by atoms with Gasteiger partial charge in [0.15, 0.2) is 0 Å². The molecule has 0 rings (SSSR count). The summed E-state index contributed by atoms with van der Waals surface area (Å²) in [5, 5.41) is 30.7. The number of carbonyl (C=O) groups is 1. The Balaban J connectivity index is 0. The molecule has 0 radical (unpaired) electrons. The van der Waals surface area contributed by atoms with Gasteiger partial charge < -0.3 is 25.2 Å². The number of hydrogen-bond donors (Lipinski definition) is 4. The van der Waals surface area contributed by atoms with Gasteiger partial charge in [-0.1, -0.05) is 0 Å². The SMILES string of the molecule is CCOC(CO)CO.O=C(O)O. The number of aliphatic hydroxyl groups is 2. The quantitative estimate of drug-likeness (QED) is 0.471. The molecule has 6 nitrogen and oxygen atoms in total. The van der Waals surface area contributed by atoms with E-state index in [1.165, 1.54) is 0 Å². The van der Waals surface area contributed by atoms with E-state index < -0.39 is 6.16 Å². The Morgan fingerprint density at radius 2 is 1.67 bits per heavy atom. The predicted molar refractivity (Wildman–Crippen MR) is 40.2 cm³/mol. The normalized spacial score (nSPS) is 9.00. The van der Waals surface area contributed by atoms with Crippen molar-refractivity contribution in [2.45, 2.75) is 13.0 Å². The first-order valence-electron chi connectivity index (χ1n) is 3.33. The van der Waals surface area contributed by atoms with Gasteiger partial charge in [0.2, 0.25) is 0 Å². The number of aliphatic hydroxyl groups excluding tert-OH is 2. The van der Waals surface area contributed by atoms with Crippen molar-refractivity contribution in [1.82, 2.24) is 0 Å². The Bertz CT molecular complexity index is 96.2. The van der Waals surface area contributed by atoms with E-state index in [9.17, 15) is 0 Å². The summed E-state index contributed by atoms with van der Waals surface area (Å²) in [6.07, 6.45) is -2.22. The molecule has 12 heavy (non-hydrogen) atoms. The van der Waals surface area contributed by atoms with E-state index in [0.29, 0.717) is 6.61 Å². The van der Waals surface area contributed by atoms with Crippen molar-refractivity contribution in [2.24, 2.45) is 0 Å². The van der Waals surface area contributed by atoms with Crippen LogP contribution in [-0.4, -0.2) is 52.5 Å². The number of hydrogen-bond acceptors (Lipinski definition) is 4. The fourth-order valence-electron chi connectivity index (χ4n) is 0.399. The first kappa shape index (κ1) is 13.7. The molecule has 0 fully saturated rings. The summed E-state index contributed by atoms with van der Waals surface area (Å²) in [6.45, 7) is 2.14. The van der Waals surface area contributed by atoms with Gasteiger partial charge in [-0.3, -0.25) is 0 Å². The first-order chi connectivity index (χ1) is 5.58.